The van der Waals surface area contributed by atoms with Crippen LogP contribution in [0, 0.1) is 18.3 Å². The Kier molecular flexibility index (Phi) is 6.10. The molecule has 0 fully saturated rings. The van der Waals surface area contributed by atoms with E-state index in [0.29, 0.717) is 11.3 Å². The number of hydrogen-bond donors (Lipinski definition) is 1. The fourth-order valence-electron chi connectivity index (χ4n) is 3.02. The average Bonchev–Trinajstić information content (AvgIpc) is 3.06. The fourth-order valence-corrected chi connectivity index (χ4v) is 3.02. The number of fused-ring (bicyclic) bond motifs is 1. The number of aromatic nitrogens is 1. The number of nitriles is 1. The van der Waals surface area contributed by atoms with E-state index in [4.69, 9.17) is 14.7 Å². The molecule has 0 radical (unpaired) electrons. The summed E-state index contributed by atoms with van der Waals surface area (Å²) in [5.74, 6) is -0.284. The zero-order chi connectivity index (χ0) is 20.8. The number of carbonyl (C=O) groups excluding carboxylic acids is 2. The zero-order valence-corrected chi connectivity index (χ0v) is 16.1. The van der Waals surface area contributed by atoms with Gasteiger partial charge in [-0.2, -0.15) is 5.26 Å². The first-order valence-corrected chi connectivity index (χ1v) is 9.09. The SMILES string of the molecule is Cc1[nH]c2ccccc2c1C(=O)[C@@H](C)OC(=O)/C=C/c1ccc(OCC#N)cc1. The molecular weight excluding hydrogens is 368 g/mol. The van der Waals surface area contributed by atoms with E-state index in [1.807, 2.05) is 37.3 Å². The van der Waals surface area contributed by atoms with Crippen molar-refractivity contribution >= 4 is 28.7 Å². The van der Waals surface area contributed by atoms with Crippen LogP contribution >= 0.6 is 0 Å². The molecule has 0 aliphatic heterocycles. The summed E-state index contributed by atoms with van der Waals surface area (Å²) in [6.07, 6.45) is 1.95. The lowest BCUT2D eigenvalue weighted by Gasteiger charge is -2.11. The van der Waals surface area contributed by atoms with Gasteiger partial charge in [0.05, 0.1) is 0 Å². The first-order chi connectivity index (χ1) is 14.0. The Bertz CT molecular complexity index is 1100. The minimum atomic E-state index is -0.910. The van der Waals surface area contributed by atoms with Crippen molar-refractivity contribution in [1.82, 2.24) is 4.98 Å². The monoisotopic (exact) mass is 388 g/mol. The quantitative estimate of drug-likeness (QED) is 0.372. The van der Waals surface area contributed by atoms with Gasteiger partial charge in [0.2, 0.25) is 5.78 Å². The van der Waals surface area contributed by atoms with Gasteiger partial charge in [0.25, 0.3) is 0 Å². The third kappa shape index (κ3) is 4.71. The molecule has 2 aromatic carbocycles. The summed E-state index contributed by atoms with van der Waals surface area (Å²) in [6.45, 7) is 3.37. The highest BCUT2D eigenvalue weighted by Crippen LogP contribution is 2.24. The van der Waals surface area contributed by atoms with Crippen LogP contribution in [0.2, 0.25) is 0 Å². The third-order valence-electron chi connectivity index (χ3n) is 4.40. The maximum atomic E-state index is 12.8. The van der Waals surface area contributed by atoms with Crippen LogP contribution in [0.4, 0.5) is 0 Å². The van der Waals surface area contributed by atoms with Crippen molar-refractivity contribution in [2.24, 2.45) is 0 Å². The Morgan fingerprint density at radius 3 is 2.62 bits per heavy atom. The van der Waals surface area contributed by atoms with Gasteiger partial charge in [-0.15, -0.1) is 0 Å². The number of ether oxygens (including phenoxy) is 2. The van der Waals surface area contributed by atoms with Crippen molar-refractivity contribution < 1.29 is 19.1 Å². The summed E-state index contributed by atoms with van der Waals surface area (Å²) in [4.78, 5) is 28.1. The first kappa shape index (κ1) is 19.9. The molecule has 0 amide bonds. The minimum absolute atomic E-state index is 0.0245. The second-order valence-electron chi connectivity index (χ2n) is 6.46. The molecule has 1 heterocycles. The first-order valence-electron chi connectivity index (χ1n) is 9.09. The van der Waals surface area contributed by atoms with E-state index in [2.05, 4.69) is 4.98 Å². The van der Waals surface area contributed by atoms with Crippen molar-refractivity contribution in [2.45, 2.75) is 20.0 Å². The Morgan fingerprint density at radius 2 is 1.90 bits per heavy atom. The van der Waals surface area contributed by atoms with Gasteiger partial charge in [0.15, 0.2) is 12.7 Å². The fraction of sp³-hybridized carbons (Fsp3) is 0.174. The second kappa shape index (κ2) is 8.89. The van der Waals surface area contributed by atoms with Gasteiger partial charge in [-0.1, -0.05) is 30.3 Å². The number of aryl methyl sites for hydroxylation is 1. The summed E-state index contributed by atoms with van der Waals surface area (Å²) in [6, 6.07) is 16.3. The molecule has 0 saturated heterocycles. The number of hydrogen-bond acceptors (Lipinski definition) is 5. The molecular formula is C23H20N2O4. The van der Waals surface area contributed by atoms with Crippen LogP contribution in [0.3, 0.4) is 0 Å². The molecule has 1 atom stereocenters. The third-order valence-corrected chi connectivity index (χ3v) is 4.40. The molecule has 0 aliphatic rings. The highest BCUT2D eigenvalue weighted by atomic mass is 16.5. The summed E-state index contributed by atoms with van der Waals surface area (Å²) >= 11 is 0. The number of nitrogens with one attached hydrogen (secondary N) is 1. The maximum absolute atomic E-state index is 12.8. The molecule has 0 bridgehead atoms. The molecule has 3 aromatic rings. The molecule has 6 heteroatoms. The van der Waals surface area contributed by atoms with Crippen molar-refractivity contribution in [3.8, 4) is 11.8 Å². The number of rotatable bonds is 7. The molecule has 146 valence electrons. The molecule has 3 rings (SSSR count). The highest BCUT2D eigenvalue weighted by Gasteiger charge is 2.23. The van der Waals surface area contributed by atoms with Crippen LogP contribution in [0.15, 0.2) is 54.6 Å². The lowest BCUT2D eigenvalue weighted by molar-refractivity contribution is -0.140. The lowest BCUT2D eigenvalue weighted by atomic mass is 10.0. The predicted molar refractivity (Wildman–Crippen MR) is 110 cm³/mol. The number of H-pyrrole nitrogens is 1. The number of esters is 1. The van der Waals surface area contributed by atoms with Crippen molar-refractivity contribution in [3.05, 3.63) is 71.4 Å². The van der Waals surface area contributed by atoms with Crippen molar-refractivity contribution in [2.75, 3.05) is 6.61 Å². The number of para-hydroxylation sites is 1. The summed E-state index contributed by atoms with van der Waals surface area (Å²) in [5.41, 5.74) is 2.91. The minimum Gasteiger partial charge on any atom is -0.479 e. The highest BCUT2D eigenvalue weighted by molar-refractivity contribution is 6.11. The van der Waals surface area contributed by atoms with Gasteiger partial charge in [-0.3, -0.25) is 4.79 Å². The number of carbonyl (C=O) groups is 2. The smallest absolute Gasteiger partial charge is 0.331 e. The Labute approximate surface area is 168 Å². The molecule has 6 nitrogen and oxygen atoms in total. The Hall–Kier alpha value is -3.85. The summed E-state index contributed by atoms with van der Waals surface area (Å²) in [5, 5.41) is 9.31. The maximum Gasteiger partial charge on any atom is 0.331 e. The molecule has 1 aromatic heterocycles. The number of ketones is 1. The molecule has 29 heavy (non-hydrogen) atoms. The van der Waals surface area contributed by atoms with Crippen molar-refractivity contribution in [3.63, 3.8) is 0 Å². The van der Waals surface area contributed by atoms with Crippen LogP contribution in [0.1, 0.15) is 28.5 Å². The van der Waals surface area contributed by atoms with E-state index in [1.54, 1.807) is 37.3 Å². The van der Waals surface area contributed by atoms with E-state index >= 15 is 0 Å². The topological polar surface area (TPSA) is 92.2 Å². The van der Waals surface area contributed by atoms with Gasteiger partial charge in [0.1, 0.15) is 11.8 Å². The van der Waals surface area contributed by atoms with Gasteiger partial charge in [-0.05, 0) is 43.7 Å². The Morgan fingerprint density at radius 1 is 1.17 bits per heavy atom. The average molecular weight is 388 g/mol. The molecule has 0 saturated carbocycles. The molecule has 0 unspecified atom stereocenters. The van der Waals surface area contributed by atoms with E-state index in [0.717, 1.165) is 22.2 Å². The van der Waals surface area contributed by atoms with Crippen LogP contribution in [0.25, 0.3) is 17.0 Å². The van der Waals surface area contributed by atoms with E-state index in [9.17, 15) is 9.59 Å². The summed E-state index contributed by atoms with van der Waals surface area (Å²) < 4.78 is 10.5. The lowest BCUT2D eigenvalue weighted by Crippen LogP contribution is -2.24. The van der Waals surface area contributed by atoms with Crippen molar-refractivity contribution in [1.29, 1.82) is 5.26 Å². The van der Waals surface area contributed by atoms with E-state index in [1.165, 1.54) is 6.08 Å². The molecule has 0 aliphatic carbocycles. The summed E-state index contributed by atoms with van der Waals surface area (Å²) in [7, 11) is 0. The molecule has 1 N–H and O–H groups in total. The molecule has 0 spiro atoms. The number of benzene rings is 2. The second-order valence-corrected chi connectivity index (χ2v) is 6.46. The zero-order valence-electron chi connectivity index (χ0n) is 16.1. The van der Waals surface area contributed by atoms with Crippen LogP contribution in [0.5, 0.6) is 5.75 Å². The standard InChI is InChI=1S/C23H20N2O4/c1-15-22(19-5-3-4-6-20(19)25-15)23(27)16(2)29-21(26)12-9-17-7-10-18(11-8-17)28-14-13-24/h3-12,16,25H,14H2,1-2H3/b12-9+/t16-/m1/s1. The van der Waals surface area contributed by atoms with Gasteiger partial charge < -0.3 is 14.5 Å². The van der Waals surface area contributed by atoms with Crippen LogP contribution in [-0.4, -0.2) is 29.4 Å². The van der Waals surface area contributed by atoms with E-state index < -0.39 is 12.1 Å². The van der Waals surface area contributed by atoms with Gasteiger partial charge >= 0.3 is 5.97 Å². The normalized spacial score (nSPS) is 11.9. The van der Waals surface area contributed by atoms with Crippen LogP contribution < -0.4 is 4.74 Å². The van der Waals surface area contributed by atoms with Gasteiger partial charge in [-0.25, -0.2) is 4.79 Å². The number of Topliss-reactive ketones (excluding diaryl/α,β-unsaturated/α-hetero) is 1. The number of nitrogens with zero attached hydrogens (tertiary/aromatic N) is 1. The van der Waals surface area contributed by atoms with Crippen LogP contribution in [-0.2, 0) is 9.53 Å². The largest absolute Gasteiger partial charge is 0.479 e. The Balaban J connectivity index is 1.64. The van der Waals surface area contributed by atoms with E-state index in [-0.39, 0.29) is 12.4 Å². The number of aromatic amines is 1. The van der Waals surface area contributed by atoms with Gasteiger partial charge in [0, 0.05) is 28.2 Å². The predicted octanol–water partition coefficient (Wildman–Crippen LogP) is 4.21.